The molecule has 0 saturated carbocycles. The van der Waals surface area contributed by atoms with E-state index in [0.29, 0.717) is 0 Å². The molecular weight excluding hydrogens is 919 g/mol. The van der Waals surface area contributed by atoms with Crippen LogP contribution in [0.15, 0.2) is 302 Å². The minimum atomic E-state index is 0.854. The molecule has 0 spiro atoms. The summed E-state index contributed by atoms with van der Waals surface area (Å²) in [6.07, 6.45) is 0. The lowest BCUT2D eigenvalue weighted by atomic mass is 9.88. The predicted octanol–water partition coefficient (Wildman–Crippen LogP) is 21.0. The van der Waals surface area contributed by atoms with E-state index in [1.165, 1.54) is 77.2 Å². The highest BCUT2D eigenvalue weighted by molar-refractivity contribution is 6.18. The fourth-order valence-electron chi connectivity index (χ4n) is 11.4. The Hall–Kier alpha value is -10.0. The average molecular weight is 968 g/mol. The highest BCUT2D eigenvalue weighted by Crippen LogP contribution is 2.48. The maximum Gasteiger partial charge on any atom is 0.145 e. The van der Waals surface area contributed by atoms with E-state index in [1.54, 1.807) is 0 Å². The molecule has 76 heavy (non-hydrogen) atoms. The number of anilines is 3. The van der Waals surface area contributed by atoms with Crippen LogP contribution in [-0.2, 0) is 0 Å². The molecule has 0 aliphatic heterocycles. The molecule has 0 N–H and O–H groups in total. The molecule has 0 aliphatic carbocycles. The van der Waals surface area contributed by atoms with Crippen LogP contribution in [0, 0.1) is 0 Å². The Morgan fingerprint density at radius 2 is 0.711 bits per heavy atom. The molecule has 0 bridgehead atoms. The van der Waals surface area contributed by atoms with Gasteiger partial charge in [0, 0.05) is 22.3 Å². The van der Waals surface area contributed by atoms with Crippen molar-refractivity contribution in [3.8, 4) is 77.9 Å². The first-order valence-corrected chi connectivity index (χ1v) is 26.1. The molecule has 13 aromatic carbocycles. The Bertz CT molecular complexity index is 4430. The van der Waals surface area contributed by atoms with Gasteiger partial charge in [0.05, 0.1) is 11.1 Å². The van der Waals surface area contributed by atoms with Crippen molar-refractivity contribution in [3.63, 3.8) is 0 Å². The van der Waals surface area contributed by atoms with Crippen LogP contribution in [0.5, 0.6) is 0 Å². The monoisotopic (exact) mass is 967 g/mol. The zero-order valence-electron chi connectivity index (χ0n) is 41.6. The molecule has 14 aromatic rings. The molecule has 1 heterocycles. The van der Waals surface area contributed by atoms with Gasteiger partial charge < -0.3 is 9.32 Å². The first kappa shape index (κ1) is 44.7. The second-order valence-corrected chi connectivity index (χ2v) is 19.6. The van der Waals surface area contributed by atoms with Crippen LogP contribution in [0.2, 0.25) is 0 Å². The molecule has 0 fully saturated rings. The van der Waals surface area contributed by atoms with Gasteiger partial charge in [-0.05, 0) is 155 Å². The van der Waals surface area contributed by atoms with Crippen molar-refractivity contribution < 1.29 is 4.42 Å². The Kier molecular flexibility index (Phi) is 11.2. The number of para-hydroxylation sites is 1. The quantitative estimate of drug-likeness (QED) is 0.136. The highest BCUT2D eigenvalue weighted by Gasteiger charge is 2.24. The molecule has 0 unspecified atom stereocenters. The van der Waals surface area contributed by atoms with Gasteiger partial charge >= 0.3 is 0 Å². The lowest BCUT2D eigenvalue weighted by molar-refractivity contribution is 0.670. The van der Waals surface area contributed by atoms with E-state index in [-0.39, 0.29) is 0 Å². The predicted molar refractivity (Wildman–Crippen MR) is 321 cm³/mol. The summed E-state index contributed by atoms with van der Waals surface area (Å²) in [5, 5.41) is 7.00. The van der Waals surface area contributed by atoms with E-state index >= 15 is 0 Å². The molecule has 0 atom stereocenters. The van der Waals surface area contributed by atoms with Gasteiger partial charge in [0.25, 0.3) is 0 Å². The lowest BCUT2D eigenvalue weighted by Crippen LogP contribution is -2.10. The van der Waals surface area contributed by atoms with Crippen molar-refractivity contribution in [2.45, 2.75) is 0 Å². The van der Waals surface area contributed by atoms with Gasteiger partial charge in [-0.1, -0.05) is 237 Å². The van der Waals surface area contributed by atoms with Gasteiger partial charge in [-0.3, -0.25) is 0 Å². The second kappa shape index (κ2) is 19.1. The molecule has 0 radical (unpaired) electrons. The maximum absolute atomic E-state index is 6.97. The van der Waals surface area contributed by atoms with E-state index < -0.39 is 0 Å². The molecular formula is C74H49NO. The number of hydrogen-bond acceptors (Lipinski definition) is 2. The summed E-state index contributed by atoms with van der Waals surface area (Å²) in [6, 6.07) is 108. The SMILES string of the molecule is c1ccc(-c2ccc(-c3ccccc3-c3ccc(N(c4ccc(-c5cccc(-c6ccc7ccccc7c6)c5)cc4)c4ccc(-c5cccc6ccccc56)c5oc6ccccc6c45)cc3)cc2-c2ccccc2)cc1. The van der Waals surface area contributed by atoms with E-state index in [1.807, 2.05) is 0 Å². The summed E-state index contributed by atoms with van der Waals surface area (Å²) >= 11 is 0. The number of furan rings is 1. The smallest absolute Gasteiger partial charge is 0.145 e. The molecule has 1 aromatic heterocycles. The van der Waals surface area contributed by atoms with Gasteiger partial charge in [0.1, 0.15) is 11.2 Å². The molecule has 2 nitrogen and oxygen atoms in total. The van der Waals surface area contributed by atoms with Crippen molar-refractivity contribution in [2.75, 3.05) is 4.90 Å². The number of nitrogens with zero attached hydrogens (tertiary/aromatic N) is 1. The van der Waals surface area contributed by atoms with Crippen LogP contribution in [0.25, 0.3) is 121 Å². The Morgan fingerprint density at radius 1 is 0.237 bits per heavy atom. The van der Waals surface area contributed by atoms with E-state index in [4.69, 9.17) is 4.42 Å². The summed E-state index contributed by atoms with van der Waals surface area (Å²) in [5.74, 6) is 0. The van der Waals surface area contributed by atoms with Gasteiger partial charge in [-0.15, -0.1) is 0 Å². The zero-order chi connectivity index (χ0) is 50.4. The Balaban J connectivity index is 0.900. The van der Waals surface area contributed by atoms with E-state index in [9.17, 15) is 0 Å². The van der Waals surface area contributed by atoms with Crippen molar-refractivity contribution >= 4 is 60.5 Å². The third-order valence-electron chi connectivity index (χ3n) is 15.1. The standard InChI is InChI=1S/C74H49NO/c1-3-18-52(19-4-1)66-44-39-60(49-70(66)54-20-5-2-6-21-54)65-29-12-11-27-63(65)55-37-42-62(43-38-55)75(61-40-35-51(36-41-61)57-25-15-26-58(47-57)59-34-33-50-17-7-8-23-56(50)48-59)71-46-45-68(67-31-16-24-53-22-9-10-28-64(53)67)74-73(71)69-30-13-14-32-72(69)76-74/h1-49H. The molecule has 2 heteroatoms. The third kappa shape index (κ3) is 8.10. The highest BCUT2D eigenvalue weighted by atomic mass is 16.3. The Labute approximate surface area is 442 Å². The fourth-order valence-corrected chi connectivity index (χ4v) is 11.4. The molecule has 14 rings (SSSR count). The van der Waals surface area contributed by atoms with Crippen molar-refractivity contribution in [3.05, 3.63) is 297 Å². The largest absolute Gasteiger partial charge is 0.455 e. The summed E-state index contributed by atoms with van der Waals surface area (Å²) in [6.45, 7) is 0. The summed E-state index contributed by atoms with van der Waals surface area (Å²) < 4.78 is 6.97. The molecule has 0 saturated heterocycles. The van der Waals surface area contributed by atoms with Gasteiger partial charge in [0.15, 0.2) is 0 Å². The van der Waals surface area contributed by atoms with Crippen LogP contribution in [0.3, 0.4) is 0 Å². The van der Waals surface area contributed by atoms with Crippen LogP contribution in [-0.4, -0.2) is 0 Å². The van der Waals surface area contributed by atoms with Crippen molar-refractivity contribution in [1.82, 2.24) is 0 Å². The minimum Gasteiger partial charge on any atom is -0.455 e. The summed E-state index contributed by atoms with van der Waals surface area (Å²) in [4.78, 5) is 2.40. The number of hydrogen-bond donors (Lipinski definition) is 0. The van der Waals surface area contributed by atoms with Gasteiger partial charge in [-0.2, -0.15) is 0 Å². The van der Waals surface area contributed by atoms with Crippen LogP contribution < -0.4 is 4.90 Å². The van der Waals surface area contributed by atoms with Gasteiger partial charge in [0.2, 0.25) is 0 Å². The number of rotatable bonds is 10. The van der Waals surface area contributed by atoms with E-state index in [2.05, 4.69) is 302 Å². The maximum atomic E-state index is 6.97. The van der Waals surface area contributed by atoms with E-state index in [0.717, 1.165) is 61.3 Å². The van der Waals surface area contributed by atoms with Crippen LogP contribution >= 0.6 is 0 Å². The summed E-state index contributed by atoms with van der Waals surface area (Å²) in [7, 11) is 0. The molecule has 0 aliphatic rings. The zero-order valence-corrected chi connectivity index (χ0v) is 41.6. The number of benzene rings is 13. The van der Waals surface area contributed by atoms with Gasteiger partial charge in [-0.25, -0.2) is 0 Å². The number of fused-ring (bicyclic) bond motifs is 5. The average Bonchev–Trinajstić information content (AvgIpc) is 3.92. The first-order chi connectivity index (χ1) is 37.7. The van der Waals surface area contributed by atoms with Crippen molar-refractivity contribution in [2.24, 2.45) is 0 Å². The van der Waals surface area contributed by atoms with Crippen LogP contribution in [0.1, 0.15) is 0 Å². The second-order valence-electron chi connectivity index (χ2n) is 19.6. The first-order valence-electron chi connectivity index (χ1n) is 26.1. The van der Waals surface area contributed by atoms with Crippen molar-refractivity contribution in [1.29, 1.82) is 0 Å². The topological polar surface area (TPSA) is 16.4 Å². The normalized spacial score (nSPS) is 11.4. The summed E-state index contributed by atoms with van der Waals surface area (Å²) in [5.41, 5.74) is 21.2. The fraction of sp³-hybridized carbons (Fsp3) is 0. The lowest BCUT2D eigenvalue weighted by Gasteiger charge is -2.27. The minimum absolute atomic E-state index is 0.854. The molecule has 0 amide bonds. The Morgan fingerprint density at radius 3 is 1.46 bits per heavy atom. The molecule has 356 valence electrons. The van der Waals surface area contributed by atoms with Crippen LogP contribution in [0.4, 0.5) is 17.1 Å². The third-order valence-corrected chi connectivity index (χ3v) is 15.1.